The fourth-order valence-corrected chi connectivity index (χ4v) is 9.63. The Labute approximate surface area is 378 Å². The lowest BCUT2D eigenvalue weighted by atomic mass is 9.73. The summed E-state index contributed by atoms with van der Waals surface area (Å²) in [7, 11) is 2.17. The zero-order chi connectivity index (χ0) is 44.4. The van der Waals surface area contributed by atoms with Crippen LogP contribution in [0.2, 0.25) is 0 Å². The monoisotopic (exact) mass is 835 g/mol. The second kappa shape index (κ2) is 15.6. The Morgan fingerprint density at radius 3 is 1.64 bits per heavy atom. The maximum absolute atomic E-state index is 4.93. The van der Waals surface area contributed by atoms with Crippen LogP contribution in [0.1, 0.15) is 76.3 Å². The fourth-order valence-electron chi connectivity index (χ4n) is 9.63. The molecule has 0 N–H and O–H groups in total. The van der Waals surface area contributed by atoms with Crippen LogP contribution in [-0.4, -0.2) is 23.3 Å². The first-order valence-electron chi connectivity index (χ1n) is 22.5. The molecule has 1 aliphatic heterocycles. The predicted molar refractivity (Wildman–Crippen MR) is 271 cm³/mol. The lowest BCUT2D eigenvalue weighted by molar-refractivity contribution is 0.588. The van der Waals surface area contributed by atoms with Gasteiger partial charge in [-0.3, -0.25) is 4.57 Å². The molecule has 10 rings (SSSR count). The number of benzene rings is 7. The highest BCUT2D eigenvalue weighted by Crippen LogP contribution is 2.48. The molecule has 0 spiro atoms. The third-order valence-electron chi connectivity index (χ3n) is 13.8. The summed E-state index contributed by atoms with van der Waals surface area (Å²) in [5.74, 6) is 0.933. The van der Waals surface area contributed by atoms with Crippen molar-refractivity contribution in [2.24, 2.45) is 0 Å². The predicted octanol–water partition coefficient (Wildman–Crippen LogP) is 15.1. The van der Waals surface area contributed by atoms with Crippen LogP contribution >= 0.6 is 0 Å². The zero-order valence-corrected chi connectivity index (χ0v) is 38.3. The van der Waals surface area contributed by atoms with E-state index in [1.54, 1.807) is 0 Å². The van der Waals surface area contributed by atoms with Gasteiger partial charge in [0.2, 0.25) is 0 Å². The van der Waals surface area contributed by atoms with Gasteiger partial charge in [0.25, 0.3) is 0 Å². The molecule has 0 aliphatic carbocycles. The van der Waals surface area contributed by atoms with E-state index >= 15 is 0 Å². The van der Waals surface area contributed by atoms with Gasteiger partial charge in [0.1, 0.15) is 12.5 Å². The molecule has 0 radical (unpaired) electrons. The number of anilines is 6. The second-order valence-corrected chi connectivity index (χ2v) is 19.5. The second-order valence-electron chi connectivity index (χ2n) is 19.5. The smallest absolute Gasteiger partial charge is 0.137 e. The van der Waals surface area contributed by atoms with Crippen molar-refractivity contribution in [2.75, 3.05) is 28.4 Å². The van der Waals surface area contributed by atoms with Crippen molar-refractivity contribution >= 4 is 55.9 Å². The highest BCUT2D eigenvalue weighted by atomic mass is 15.4. The van der Waals surface area contributed by atoms with Gasteiger partial charge in [0.05, 0.1) is 22.4 Å². The molecule has 7 aromatic carbocycles. The number of hydrogen-bond acceptors (Lipinski definition) is 4. The molecule has 0 unspecified atom stereocenters. The summed E-state index contributed by atoms with van der Waals surface area (Å²) in [5, 5.41) is 2.43. The van der Waals surface area contributed by atoms with Gasteiger partial charge >= 0.3 is 0 Å². The van der Waals surface area contributed by atoms with Crippen molar-refractivity contribution in [3.05, 3.63) is 216 Å². The van der Waals surface area contributed by atoms with Crippen molar-refractivity contribution in [3.8, 4) is 5.82 Å². The van der Waals surface area contributed by atoms with Crippen LogP contribution < -0.4 is 14.7 Å². The molecule has 0 saturated carbocycles. The van der Waals surface area contributed by atoms with Crippen molar-refractivity contribution in [2.45, 2.75) is 64.7 Å². The number of rotatable bonds is 9. The lowest BCUT2D eigenvalue weighted by Crippen LogP contribution is -2.27. The molecule has 9 aromatic rings. The fraction of sp³-hybridized carbons (Fsp3) is 0.203. The largest absolute Gasteiger partial charge is 0.344 e. The molecule has 0 saturated heterocycles. The van der Waals surface area contributed by atoms with Gasteiger partial charge in [-0.2, -0.15) is 0 Å². The van der Waals surface area contributed by atoms with Crippen molar-refractivity contribution < 1.29 is 0 Å². The molecule has 0 fully saturated rings. The molecular formula is C59H57N5. The summed E-state index contributed by atoms with van der Waals surface area (Å²) in [6.07, 6.45) is 1.95. The van der Waals surface area contributed by atoms with E-state index in [4.69, 9.17) is 4.98 Å². The summed E-state index contributed by atoms with van der Waals surface area (Å²) in [4.78, 5) is 12.2. The quantitative estimate of drug-likeness (QED) is 0.145. The van der Waals surface area contributed by atoms with Crippen LogP contribution in [0.3, 0.4) is 0 Å². The Hall–Kier alpha value is -7.11. The standard InChI is InChI=1S/C59H57N5/c1-57(2,3)43-32-33-60-56(37-43)64-52-27-16-15-26-50(52)51-31-30-47(39-55(51)64)61(8)46-24-19-25-48(38-46)62-40-63(54-29-18-17-28-53(54)62)49-35-44(58(4,5)41-20-11-9-12-21-41)34-45(36-49)59(6,7)42-22-13-10-14-23-42/h9-39H,40H2,1-8H3. The minimum atomic E-state index is -0.221. The zero-order valence-electron chi connectivity index (χ0n) is 38.3. The van der Waals surface area contributed by atoms with E-state index in [-0.39, 0.29) is 16.2 Å². The average molecular weight is 836 g/mol. The lowest BCUT2D eigenvalue weighted by Gasteiger charge is -2.33. The molecule has 5 nitrogen and oxygen atoms in total. The van der Waals surface area contributed by atoms with Crippen LogP contribution in [0.5, 0.6) is 0 Å². The van der Waals surface area contributed by atoms with Crippen LogP contribution in [0, 0.1) is 0 Å². The SMILES string of the molecule is CN(c1cccc(N2CN(c3cc(C(C)(C)c4ccccc4)cc(C(C)(C)c4ccccc4)c3)c3ccccc32)c1)c1ccc2c3ccccc3n(-c3cc(C(C)(C)C)ccn3)c2c1. The molecule has 318 valence electrons. The van der Waals surface area contributed by atoms with E-state index in [0.29, 0.717) is 6.67 Å². The van der Waals surface area contributed by atoms with E-state index in [2.05, 4.69) is 257 Å². The summed E-state index contributed by atoms with van der Waals surface area (Å²) in [6.45, 7) is 16.9. The number of pyridine rings is 1. The first-order chi connectivity index (χ1) is 30.8. The van der Waals surface area contributed by atoms with E-state index in [1.165, 1.54) is 55.7 Å². The van der Waals surface area contributed by atoms with E-state index < -0.39 is 0 Å². The number of aromatic nitrogens is 2. The third kappa shape index (κ3) is 7.10. The normalized spacial score (nSPS) is 13.2. The Bertz CT molecular complexity index is 3080. The van der Waals surface area contributed by atoms with Crippen molar-refractivity contribution in [1.29, 1.82) is 0 Å². The first-order valence-corrected chi connectivity index (χ1v) is 22.5. The van der Waals surface area contributed by atoms with E-state index in [1.807, 2.05) is 6.20 Å². The number of fused-ring (bicyclic) bond motifs is 4. The van der Waals surface area contributed by atoms with Crippen molar-refractivity contribution in [3.63, 3.8) is 0 Å². The van der Waals surface area contributed by atoms with E-state index in [0.717, 1.165) is 33.9 Å². The van der Waals surface area contributed by atoms with E-state index in [9.17, 15) is 0 Å². The van der Waals surface area contributed by atoms with Gasteiger partial charge < -0.3 is 14.7 Å². The molecular weight excluding hydrogens is 779 g/mol. The molecule has 3 heterocycles. The summed E-state index contributed by atoms with van der Waals surface area (Å²) >= 11 is 0. The molecule has 64 heavy (non-hydrogen) atoms. The Balaban J connectivity index is 1.03. The maximum atomic E-state index is 4.93. The highest BCUT2D eigenvalue weighted by Gasteiger charge is 2.33. The van der Waals surface area contributed by atoms with Crippen LogP contribution in [0.15, 0.2) is 188 Å². The van der Waals surface area contributed by atoms with Gasteiger partial charge in [-0.05, 0) is 106 Å². The molecule has 2 aromatic heterocycles. The Morgan fingerprint density at radius 2 is 1.00 bits per heavy atom. The molecule has 1 aliphatic rings. The van der Waals surface area contributed by atoms with Gasteiger partial charge in [0.15, 0.2) is 0 Å². The van der Waals surface area contributed by atoms with Gasteiger partial charge in [-0.25, -0.2) is 4.98 Å². The van der Waals surface area contributed by atoms with Crippen LogP contribution in [0.25, 0.3) is 27.6 Å². The molecule has 0 atom stereocenters. The number of nitrogens with zero attached hydrogens (tertiary/aromatic N) is 5. The van der Waals surface area contributed by atoms with Gasteiger partial charge in [-0.15, -0.1) is 0 Å². The minimum Gasteiger partial charge on any atom is -0.344 e. The molecule has 0 amide bonds. The van der Waals surface area contributed by atoms with Crippen LogP contribution in [-0.2, 0) is 16.2 Å². The summed E-state index contributed by atoms with van der Waals surface area (Å²) in [6, 6.07) is 66.8. The molecule has 0 bridgehead atoms. The Morgan fingerprint density at radius 1 is 0.438 bits per heavy atom. The first kappa shape index (κ1) is 40.9. The molecule has 5 heteroatoms. The highest BCUT2D eigenvalue weighted by molar-refractivity contribution is 6.10. The Kier molecular flexibility index (Phi) is 9.98. The van der Waals surface area contributed by atoms with Gasteiger partial charge in [0, 0.05) is 57.6 Å². The summed E-state index contributed by atoms with van der Waals surface area (Å²) < 4.78 is 2.33. The number of hydrogen-bond donors (Lipinski definition) is 0. The number of para-hydroxylation sites is 3. The summed E-state index contributed by atoms with van der Waals surface area (Å²) in [5.41, 5.74) is 15.2. The maximum Gasteiger partial charge on any atom is 0.137 e. The topological polar surface area (TPSA) is 27.5 Å². The minimum absolute atomic E-state index is 0.00524. The van der Waals surface area contributed by atoms with Crippen LogP contribution in [0.4, 0.5) is 34.1 Å². The third-order valence-corrected chi connectivity index (χ3v) is 13.8. The average Bonchev–Trinajstić information content (AvgIpc) is 3.88. The van der Waals surface area contributed by atoms with Gasteiger partial charge in [-0.1, -0.05) is 158 Å². The van der Waals surface area contributed by atoms with Crippen molar-refractivity contribution in [1.82, 2.24) is 9.55 Å².